The molecule has 21 heavy (non-hydrogen) atoms. The summed E-state index contributed by atoms with van der Waals surface area (Å²) < 4.78 is 12.0. The van der Waals surface area contributed by atoms with Gasteiger partial charge < -0.3 is 14.8 Å². The molecule has 0 aliphatic carbocycles. The summed E-state index contributed by atoms with van der Waals surface area (Å²) in [6, 6.07) is 8.61. The molecule has 0 saturated carbocycles. The normalized spacial score (nSPS) is 22.2. The molecule has 2 unspecified atom stereocenters. The molecule has 2 rings (SSSR count). The van der Waals surface area contributed by atoms with Crippen LogP contribution in [0.1, 0.15) is 58.6 Å². The lowest BCUT2D eigenvalue weighted by Crippen LogP contribution is -2.24. The first-order valence-electron chi connectivity index (χ1n) is 8.15. The fourth-order valence-corrected chi connectivity index (χ4v) is 2.82. The van der Waals surface area contributed by atoms with E-state index in [1.54, 1.807) is 0 Å². The van der Waals surface area contributed by atoms with Crippen molar-refractivity contribution in [3.05, 3.63) is 29.8 Å². The van der Waals surface area contributed by atoms with Crippen LogP contribution in [0.4, 0.5) is 0 Å². The Morgan fingerprint density at radius 3 is 2.81 bits per heavy atom. The van der Waals surface area contributed by atoms with E-state index in [-0.39, 0.29) is 11.7 Å². The maximum atomic E-state index is 6.05. The van der Waals surface area contributed by atoms with Gasteiger partial charge in [-0.15, -0.1) is 0 Å². The van der Waals surface area contributed by atoms with E-state index >= 15 is 0 Å². The number of hydrogen-bond acceptors (Lipinski definition) is 3. The molecule has 118 valence electrons. The zero-order valence-electron chi connectivity index (χ0n) is 13.8. The van der Waals surface area contributed by atoms with Crippen LogP contribution in [0.2, 0.25) is 0 Å². The highest BCUT2D eigenvalue weighted by molar-refractivity contribution is 5.35. The summed E-state index contributed by atoms with van der Waals surface area (Å²) in [5.41, 5.74) is 1.23. The maximum absolute atomic E-state index is 6.05. The molecule has 1 N–H and O–H groups in total. The van der Waals surface area contributed by atoms with E-state index in [1.165, 1.54) is 5.56 Å². The minimum Gasteiger partial charge on any atom is -0.491 e. The van der Waals surface area contributed by atoms with Gasteiger partial charge in [-0.25, -0.2) is 0 Å². The van der Waals surface area contributed by atoms with Crippen molar-refractivity contribution >= 4 is 0 Å². The molecule has 3 nitrogen and oxygen atoms in total. The Bertz CT molecular complexity index is 445. The Morgan fingerprint density at radius 1 is 1.38 bits per heavy atom. The Kier molecular flexibility index (Phi) is 5.65. The summed E-state index contributed by atoms with van der Waals surface area (Å²) in [6.07, 6.45) is 3.54. The third kappa shape index (κ3) is 4.72. The molecular weight excluding hydrogens is 262 g/mol. The first-order valence-corrected chi connectivity index (χ1v) is 8.15. The van der Waals surface area contributed by atoms with Gasteiger partial charge in [0.25, 0.3) is 0 Å². The highest BCUT2D eigenvalue weighted by Crippen LogP contribution is 2.31. The van der Waals surface area contributed by atoms with Gasteiger partial charge in [0.1, 0.15) is 12.4 Å². The van der Waals surface area contributed by atoms with E-state index in [4.69, 9.17) is 9.47 Å². The maximum Gasteiger partial charge on any atom is 0.124 e. The lowest BCUT2D eigenvalue weighted by molar-refractivity contribution is -0.0328. The highest BCUT2D eigenvalue weighted by Gasteiger charge is 2.32. The summed E-state index contributed by atoms with van der Waals surface area (Å²) in [4.78, 5) is 0. The van der Waals surface area contributed by atoms with Gasteiger partial charge in [-0.3, -0.25) is 0 Å². The van der Waals surface area contributed by atoms with Crippen LogP contribution in [0.5, 0.6) is 5.75 Å². The van der Waals surface area contributed by atoms with E-state index in [2.05, 4.69) is 51.2 Å². The fraction of sp³-hybridized carbons (Fsp3) is 0.667. The second-order valence-corrected chi connectivity index (χ2v) is 6.56. The van der Waals surface area contributed by atoms with Crippen molar-refractivity contribution in [1.82, 2.24) is 5.32 Å². The van der Waals surface area contributed by atoms with Crippen LogP contribution in [0.15, 0.2) is 24.3 Å². The number of benzene rings is 1. The summed E-state index contributed by atoms with van der Waals surface area (Å²) in [6.45, 7) is 10.3. The third-order valence-corrected chi connectivity index (χ3v) is 4.06. The van der Waals surface area contributed by atoms with Crippen molar-refractivity contribution in [2.24, 2.45) is 0 Å². The van der Waals surface area contributed by atoms with Gasteiger partial charge in [0.05, 0.1) is 11.7 Å². The monoisotopic (exact) mass is 291 g/mol. The number of para-hydroxylation sites is 1. The molecule has 1 aliphatic heterocycles. The molecule has 1 aliphatic rings. The van der Waals surface area contributed by atoms with Crippen molar-refractivity contribution in [3.63, 3.8) is 0 Å². The largest absolute Gasteiger partial charge is 0.491 e. The quantitative estimate of drug-likeness (QED) is 0.821. The number of ether oxygens (including phenoxy) is 2. The molecule has 0 amide bonds. The molecule has 3 heteroatoms. The average molecular weight is 291 g/mol. The van der Waals surface area contributed by atoms with Crippen molar-refractivity contribution in [1.29, 1.82) is 0 Å². The predicted molar refractivity (Wildman–Crippen MR) is 86.8 cm³/mol. The van der Waals surface area contributed by atoms with Gasteiger partial charge in [0, 0.05) is 11.6 Å². The Labute approximate surface area is 129 Å². The van der Waals surface area contributed by atoms with Gasteiger partial charge in [-0.1, -0.05) is 25.1 Å². The van der Waals surface area contributed by atoms with Crippen molar-refractivity contribution in [3.8, 4) is 5.75 Å². The molecule has 0 aromatic heterocycles. The number of hydrogen-bond donors (Lipinski definition) is 1. The Hall–Kier alpha value is -1.06. The molecule has 1 aromatic rings. The van der Waals surface area contributed by atoms with Crippen LogP contribution in [0.25, 0.3) is 0 Å². The second-order valence-electron chi connectivity index (χ2n) is 6.56. The van der Waals surface area contributed by atoms with E-state index in [9.17, 15) is 0 Å². The van der Waals surface area contributed by atoms with Crippen LogP contribution < -0.4 is 10.1 Å². The predicted octanol–water partition coefficient (Wildman–Crippen LogP) is 4.08. The summed E-state index contributed by atoms with van der Waals surface area (Å²) in [5.74, 6) is 0.974. The topological polar surface area (TPSA) is 30.5 Å². The molecule has 1 fully saturated rings. The summed E-state index contributed by atoms with van der Waals surface area (Å²) in [7, 11) is 0. The first-order chi connectivity index (χ1) is 10.0. The van der Waals surface area contributed by atoms with Gasteiger partial charge in [0.15, 0.2) is 0 Å². The fourth-order valence-electron chi connectivity index (χ4n) is 2.82. The highest BCUT2D eigenvalue weighted by atomic mass is 16.6. The molecule has 0 bridgehead atoms. The minimum atomic E-state index is 0.00349. The molecular formula is C18H29NO2. The SMILES string of the molecule is CCCNC(C)c1ccccc1OCC1CCC(C)(C)O1. The van der Waals surface area contributed by atoms with Gasteiger partial charge in [0.2, 0.25) is 0 Å². The van der Waals surface area contributed by atoms with Crippen LogP contribution in [-0.2, 0) is 4.74 Å². The molecule has 1 heterocycles. The van der Waals surface area contributed by atoms with E-state index < -0.39 is 0 Å². The van der Waals surface area contributed by atoms with Gasteiger partial charge in [-0.05, 0) is 52.6 Å². The standard InChI is InChI=1S/C18H29NO2/c1-5-12-19-14(2)16-8-6-7-9-17(16)20-13-15-10-11-18(3,4)21-15/h6-9,14-15,19H,5,10-13H2,1-4H3. The lowest BCUT2D eigenvalue weighted by Gasteiger charge is -2.21. The van der Waals surface area contributed by atoms with Crippen LogP contribution in [0.3, 0.4) is 0 Å². The van der Waals surface area contributed by atoms with Crippen LogP contribution in [-0.4, -0.2) is 24.9 Å². The van der Waals surface area contributed by atoms with E-state index in [0.717, 1.165) is 31.6 Å². The molecule has 0 spiro atoms. The van der Waals surface area contributed by atoms with Crippen LogP contribution in [0, 0.1) is 0 Å². The first kappa shape index (κ1) is 16.3. The van der Waals surface area contributed by atoms with Crippen molar-refractivity contribution in [2.75, 3.05) is 13.2 Å². The zero-order chi connectivity index (χ0) is 15.3. The smallest absolute Gasteiger partial charge is 0.124 e. The van der Waals surface area contributed by atoms with Crippen LogP contribution >= 0.6 is 0 Å². The van der Waals surface area contributed by atoms with Gasteiger partial charge in [-0.2, -0.15) is 0 Å². The van der Waals surface area contributed by atoms with Crippen molar-refractivity contribution < 1.29 is 9.47 Å². The minimum absolute atomic E-state index is 0.00349. The Morgan fingerprint density at radius 2 is 2.14 bits per heavy atom. The van der Waals surface area contributed by atoms with Gasteiger partial charge >= 0.3 is 0 Å². The van der Waals surface area contributed by atoms with Crippen molar-refractivity contribution in [2.45, 2.75) is 64.7 Å². The number of nitrogens with one attached hydrogen (secondary N) is 1. The molecule has 1 saturated heterocycles. The molecule has 2 atom stereocenters. The average Bonchev–Trinajstić information content (AvgIpc) is 2.82. The molecule has 1 aromatic carbocycles. The molecule has 0 radical (unpaired) electrons. The zero-order valence-corrected chi connectivity index (χ0v) is 13.8. The van der Waals surface area contributed by atoms with E-state index in [1.807, 2.05) is 6.07 Å². The Balaban J connectivity index is 1.94. The lowest BCUT2D eigenvalue weighted by atomic mass is 10.1. The summed E-state index contributed by atoms with van der Waals surface area (Å²) >= 11 is 0. The van der Waals surface area contributed by atoms with E-state index in [0.29, 0.717) is 12.6 Å². The third-order valence-electron chi connectivity index (χ3n) is 4.06. The number of rotatable bonds is 7. The second kappa shape index (κ2) is 7.28. The summed E-state index contributed by atoms with van der Waals surface area (Å²) in [5, 5.41) is 3.52.